The summed E-state index contributed by atoms with van der Waals surface area (Å²) in [5.41, 5.74) is 1.25. The van der Waals surface area contributed by atoms with Crippen molar-refractivity contribution in [3.05, 3.63) is 47.7 Å². The van der Waals surface area contributed by atoms with Gasteiger partial charge in [-0.3, -0.25) is 9.34 Å². The van der Waals surface area contributed by atoms with Crippen molar-refractivity contribution < 1.29 is 26.2 Å². The first kappa shape index (κ1) is 30.2. The molecule has 5 nitrogen and oxygen atoms in total. The third-order valence-electron chi connectivity index (χ3n) is 3.82. The Balaban J connectivity index is 0. The Labute approximate surface area is 198 Å². The second kappa shape index (κ2) is 15.8. The number of nitrogens with zero attached hydrogens (tertiary/aromatic N) is 5. The van der Waals surface area contributed by atoms with Gasteiger partial charge in [0.2, 0.25) is 0 Å². The van der Waals surface area contributed by atoms with Crippen LogP contribution in [0.3, 0.4) is 0 Å². The van der Waals surface area contributed by atoms with Gasteiger partial charge >= 0.3 is 26.2 Å². The monoisotopic (exact) mass is 488 g/mol. The maximum Gasteiger partial charge on any atom is 3.00 e. The molecule has 1 radical (unpaired) electrons. The van der Waals surface area contributed by atoms with E-state index in [1.807, 2.05) is 24.3 Å². The van der Waals surface area contributed by atoms with Gasteiger partial charge in [-0.15, -0.1) is 30.3 Å². The molecule has 0 saturated heterocycles. The minimum absolute atomic E-state index is 0. The van der Waals surface area contributed by atoms with E-state index in [0.29, 0.717) is 29.6 Å². The van der Waals surface area contributed by atoms with Crippen LogP contribution in [-0.2, 0) is 26.2 Å². The molecule has 0 bridgehead atoms. The van der Waals surface area contributed by atoms with Crippen LogP contribution in [0.25, 0.3) is 5.41 Å². The first-order valence-corrected chi connectivity index (χ1v) is 10.8. The van der Waals surface area contributed by atoms with Gasteiger partial charge in [-0.05, 0) is 55.4 Å². The number of hydrogen-bond acceptors (Lipinski definition) is 4. The summed E-state index contributed by atoms with van der Waals surface area (Å²) in [6.45, 7) is 17.6. The normalized spacial score (nSPS) is 10.7. The van der Waals surface area contributed by atoms with E-state index in [1.54, 1.807) is 0 Å². The Morgan fingerprint density at radius 2 is 1.34 bits per heavy atom. The molecule has 29 heavy (non-hydrogen) atoms. The maximum atomic E-state index is 11.1. The van der Waals surface area contributed by atoms with Crippen LogP contribution in [0.5, 0.6) is 0 Å². The number of nitriles is 2. The van der Waals surface area contributed by atoms with Gasteiger partial charge in [-0.1, -0.05) is 12.1 Å². The van der Waals surface area contributed by atoms with Crippen molar-refractivity contribution in [3.8, 4) is 12.1 Å². The van der Waals surface area contributed by atoms with E-state index >= 15 is 0 Å². The Morgan fingerprint density at radius 3 is 1.59 bits per heavy atom. The largest absolute Gasteiger partial charge is 3.00 e. The van der Waals surface area contributed by atoms with E-state index in [4.69, 9.17) is 10.5 Å². The van der Waals surface area contributed by atoms with Gasteiger partial charge in [0.25, 0.3) is 0 Å². The molecular weight excluding hydrogens is 456 g/mol. The van der Waals surface area contributed by atoms with Crippen LogP contribution < -0.4 is 0 Å². The molecule has 0 N–H and O–H groups in total. The summed E-state index contributed by atoms with van der Waals surface area (Å²) in [7, 11) is -0.975. The van der Waals surface area contributed by atoms with Gasteiger partial charge in [0, 0.05) is 32.4 Å². The molecule has 155 valence electrons. The quantitative estimate of drug-likeness (QED) is 0.271. The average molecular weight is 490 g/mol. The Morgan fingerprint density at radius 1 is 0.931 bits per heavy atom. The molecular formula is C22H33N5PZr. The van der Waals surface area contributed by atoms with E-state index in [-0.39, 0.29) is 26.2 Å². The maximum absolute atomic E-state index is 11.1. The van der Waals surface area contributed by atoms with Crippen LogP contribution in [-0.4, -0.2) is 39.0 Å². The average Bonchev–Trinajstić information content (AvgIpc) is 2.61. The van der Waals surface area contributed by atoms with Crippen molar-refractivity contribution in [2.75, 3.05) is 0 Å². The smallest absolute Gasteiger partial charge is 0.853 e. The van der Waals surface area contributed by atoms with E-state index in [9.17, 15) is 5.41 Å². The number of hydrogen-bond donors (Lipinski definition) is 0. The zero-order valence-electron chi connectivity index (χ0n) is 18.9. The molecule has 1 aromatic rings. The summed E-state index contributed by atoms with van der Waals surface area (Å²) < 4.78 is 4.87. The predicted molar refractivity (Wildman–Crippen MR) is 119 cm³/mol. The minimum atomic E-state index is -0.975. The van der Waals surface area contributed by atoms with Crippen molar-refractivity contribution in [2.45, 2.75) is 79.6 Å². The fourth-order valence-corrected chi connectivity index (χ4v) is 5.86. The van der Waals surface area contributed by atoms with Gasteiger partial charge in [0.1, 0.15) is 0 Å². The van der Waals surface area contributed by atoms with E-state index < -0.39 is 8.22 Å². The Hall–Kier alpha value is -1.03. The van der Waals surface area contributed by atoms with Crippen molar-refractivity contribution in [2.24, 2.45) is 0 Å². The molecule has 0 heterocycles. The number of rotatable bonds is 8. The first-order valence-electron chi connectivity index (χ1n) is 9.60. The summed E-state index contributed by atoms with van der Waals surface area (Å²) in [6, 6.07) is 15.4. The van der Waals surface area contributed by atoms with Crippen molar-refractivity contribution in [1.82, 2.24) is 9.34 Å². The molecule has 7 heteroatoms. The molecule has 0 amide bonds. The third kappa shape index (κ3) is 10.0. The second-order valence-electron chi connectivity index (χ2n) is 7.43. The predicted octanol–water partition coefficient (Wildman–Crippen LogP) is 5.59. The van der Waals surface area contributed by atoms with Gasteiger partial charge < -0.3 is 5.41 Å². The van der Waals surface area contributed by atoms with Gasteiger partial charge in [-0.2, -0.15) is 12.0 Å². The van der Waals surface area contributed by atoms with Gasteiger partial charge in [0.05, 0.1) is 0 Å². The SMILES string of the molecule is CC(C)N(C(C)C)P(C(=[N-])c1[c-]cccc1)N(C(C)C)C(C)C.N#C[CH-]C#N.[Zr+3]. The summed E-state index contributed by atoms with van der Waals surface area (Å²) in [4.78, 5) is 0. The summed E-state index contributed by atoms with van der Waals surface area (Å²) >= 11 is 0. The molecule has 0 aliphatic heterocycles. The van der Waals surface area contributed by atoms with Crippen molar-refractivity contribution in [1.29, 1.82) is 10.5 Å². The molecule has 1 aromatic carbocycles. The molecule has 0 aromatic heterocycles. The molecule has 0 fully saturated rings. The van der Waals surface area contributed by atoms with Gasteiger partial charge in [-0.25, -0.2) is 16.0 Å². The molecule has 1 rings (SSSR count). The third-order valence-corrected chi connectivity index (χ3v) is 7.16. The van der Waals surface area contributed by atoms with Crippen LogP contribution in [0, 0.1) is 35.1 Å². The zero-order chi connectivity index (χ0) is 21.9. The molecule has 0 unspecified atom stereocenters. The van der Waals surface area contributed by atoms with Crippen LogP contribution in [0.1, 0.15) is 61.0 Å². The summed E-state index contributed by atoms with van der Waals surface area (Å²) in [6.07, 6.45) is 0.861. The first-order chi connectivity index (χ1) is 13.1. The van der Waals surface area contributed by atoms with Crippen molar-refractivity contribution in [3.63, 3.8) is 0 Å². The van der Waals surface area contributed by atoms with Crippen LogP contribution in [0.2, 0.25) is 0 Å². The molecule has 0 atom stereocenters. The standard InChI is InChI=1S/C19H32N3P.C3HN2.Zr/c1-14(2)21(15(3)4)23(22(16(5)6)17(7)8)19(20)18-12-10-9-11-13-18;4-2-1-3-5;/h9-12,14-17H,1-8H3;1H;/q-2;-1;+3. The van der Waals surface area contributed by atoms with Crippen LogP contribution >= 0.6 is 8.22 Å². The fourth-order valence-electron chi connectivity index (χ4n) is 3.07. The second-order valence-corrected chi connectivity index (χ2v) is 9.35. The van der Waals surface area contributed by atoms with E-state index in [1.165, 1.54) is 12.1 Å². The fraction of sp³-hybridized carbons (Fsp3) is 0.545. The Kier molecular flexibility index (Phi) is 16.4. The van der Waals surface area contributed by atoms with Crippen LogP contribution in [0.4, 0.5) is 0 Å². The number of benzene rings is 1. The summed E-state index contributed by atoms with van der Waals surface area (Å²) in [5.74, 6) is 0. The minimum Gasteiger partial charge on any atom is -0.853 e. The van der Waals surface area contributed by atoms with E-state index in [0.717, 1.165) is 12.0 Å². The Bertz CT molecular complexity index is 614. The summed E-state index contributed by atoms with van der Waals surface area (Å²) in [5, 5.41) is 26.2. The molecule has 0 spiro atoms. The topological polar surface area (TPSA) is 76.4 Å². The van der Waals surface area contributed by atoms with E-state index in [2.05, 4.69) is 70.8 Å². The van der Waals surface area contributed by atoms with Crippen molar-refractivity contribution >= 4 is 13.7 Å². The molecule has 0 aliphatic carbocycles. The zero-order valence-corrected chi connectivity index (χ0v) is 22.2. The molecule has 0 aliphatic rings. The molecule has 0 saturated carbocycles. The van der Waals surface area contributed by atoms with Gasteiger partial charge in [0.15, 0.2) is 0 Å². The van der Waals surface area contributed by atoms with Crippen LogP contribution in [0.15, 0.2) is 24.3 Å².